The van der Waals surface area contributed by atoms with E-state index < -0.39 is 5.97 Å². The number of aromatic carboxylic acids is 1. The maximum Gasteiger partial charge on any atom is 0.374 e. The Morgan fingerprint density at radius 2 is 2.30 bits per heavy atom. The topological polar surface area (TPSA) is 63.3 Å². The molecule has 1 unspecified atom stereocenters. The van der Waals surface area contributed by atoms with Crippen LogP contribution in [0.5, 0.6) is 0 Å². The number of aromatic nitrogens is 1. The normalized spacial score (nSPS) is 18.4. The van der Waals surface area contributed by atoms with Gasteiger partial charge >= 0.3 is 5.97 Å². The van der Waals surface area contributed by atoms with Crippen molar-refractivity contribution in [2.45, 2.75) is 12.3 Å². The third-order valence-electron chi connectivity index (χ3n) is 3.39. The quantitative estimate of drug-likeness (QED) is 0.902. The van der Waals surface area contributed by atoms with Crippen molar-refractivity contribution < 1.29 is 14.4 Å². The fraction of sp³-hybridized carbons (Fsp3) is 0.286. The fourth-order valence-electron chi connectivity index (χ4n) is 2.31. The zero-order chi connectivity index (χ0) is 14.1. The van der Waals surface area contributed by atoms with Gasteiger partial charge in [0, 0.05) is 21.9 Å². The van der Waals surface area contributed by atoms with Crippen molar-refractivity contribution in [3.05, 3.63) is 40.1 Å². The van der Waals surface area contributed by atoms with Gasteiger partial charge in [-0.1, -0.05) is 33.2 Å². The SMILES string of the molecule is O=C(O)c1cc(-c2ccc(C3CCSC3)c(Br)c2)no1. The van der Waals surface area contributed by atoms with Crippen molar-refractivity contribution in [1.82, 2.24) is 5.16 Å². The molecule has 4 nitrogen and oxygen atoms in total. The van der Waals surface area contributed by atoms with Gasteiger partial charge in [-0.15, -0.1) is 0 Å². The van der Waals surface area contributed by atoms with E-state index in [2.05, 4.69) is 27.2 Å². The second-order valence-corrected chi connectivity index (χ2v) is 6.68. The molecule has 2 aromatic rings. The smallest absolute Gasteiger partial charge is 0.374 e. The molecule has 1 N–H and O–H groups in total. The molecule has 1 atom stereocenters. The first-order valence-electron chi connectivity index (χ1n) is 6.22. The molecule has 3 rings (SSSR count). The molecule has 1 fully saturated rings. The number of hydrogen-bond acceptors (Lipinski definition) is 4. The summed E-state index contributed by atoms with van der Waals surface area (Å²) in [6, 6.07) is 7.47. The highest BCUT2D eigenvalue weighted by Gasteiger charge is 2.20. The van der Waals surface area contributed by atoms with Crippen LogP contribution in [0.25, 0.3) is 11.3 Å². The van der Waals surface area contributed by atoms with Crippen LogP contribution in [0, 0.1) is 0 Å². The molecule has 1 aliphatic heterocycles. The second kappa shape index (κ2) is 5.61. The summed E-state index contributed by atoms with van der Waals surface area (Å²) in [6.07, 6.45) is 1.20. The first-order valence-corrected chi connectivity index (χ1v) is 8.17. The molecular weight excluding hydrogens is 342 g/mol. The Bertz CT molecular complexity index is 650. The number of thioether (sulfide) groups is 1. The summed E-state index contributed by atoms with van der Waals surface area (Å²) in [5.74, 6) is 1.71. The average molecular weight is 354 g/mol. The van der Waals surface area contributed by atoms with Gasteiger partial charge in [0.05, 0.1) is 0 Å². The molecular formula is C14H12BrNO3S. The molecule has 1 aromatic heterocycles. The predicted molar refractivity (Wildman–Crippen MR) is 81.3 cm³/mol. The van der Waals surface area contributed by atoms with E-state index in [-0.39, 0.29) is 5.76 Å². The number of carboxylic acid groups (broad SMARTS) is 1. The molecule has 0 radical (unpaired) electrons. The van der Waals surface area contributed by atoms with Crippen molar-refractivity contribution in [3.8, 4) is 11.3 Å². The minimum Gasteiger partial charge on any atom is -0.475 e. The van der Waals surface area contributed by atoms with Crippen LogP contribution in [-0.4, -0.2) is 27.7 Å². The summed E-state index contributed by atoms with van der Waals surface area (Å²) in [5.41, 5.74) is 2.69. The molecule has 1 aromatic carbocycles. The van der Waals surface area contributed by atoms with E-state index >= 15 is 0 Å². The Balaban J connectivity index is 1.90. The Kier molecular flexibility index (Phi) is 3.85. The van der Waals surface area contributed by atoms with Gasteiger partial charge < -0.3 is 9.63 Å². The molecule has 0 bridgehead atoms. The lowest BCUT2D eigenvalue weighted by Crippen LogP contribution is -1.97. The molecule has 0 amide bonds. The third-order valence-corrected chi connectivity index (χ3v) is 5.24. The number of rotatable bonds is 3. The highest BCUT2D eigenvalue weighted by molar-refractivity contribution is 9.10. The minimum absolute atomic E-state index is 0.146. The summed E-state index contributed by atoms with van der Waals surface area (Å²) >= 11 is 5.59. The molecule has 0 aliphatic carbocycles. The van der Waals surface area contributed by atoms with Gasteiger partial charge in [-0.05, 0) is 29.7 Å². The van der Waals surface area contributed by atoms with E-state index in [1.807, 2.05) is 23.9 Å². The van der Waals surface area contributed by atoms with E-state index in [9.17, 15) is 4.79 Å². The van der Waals surface area contributed by atoms with Crippen molar-refractivity contribution >= 4 is 33.7 Å². The fourth-order valence-corrected chi connectivity index (χ4v) is 4.26. The van der Waals surface area contributed by atoms with Crippen LogP contribution in [0.1, 0.15) is 28.5 Å². The highest BCUT2D eigenvalue weighted by Crippen LogP contribution is 2.37. The molecule has 20 heavy (non-hydrogen) atoms. The van der Waals surface area contributed by atoms with Gasteiger partial charge in [0.1, 0.15) is 5.69 Å². The summed E-state index contributed by atoms with van der Waals surface area (Å²) in [5, 5.41) is 12.6. The van der Waals surface area contributed by atoms with E-state index in [4.69, 9.17) is 9.63 Å². The number of hydrogen-bond donors (Lipinski definition) is 1. The lowest BCUT2D eigenvalue weighted by Gasteiger charge is -2.11. The number of nitrogens with zero attached hydrogens (tertiary/aromatic N) is 1. The van der Waals surface area contributed by atoms with Gasteiger partial charge in [-0.2, -0.15) is 11.8 Å². The van der Waals surface area contributed by atoms with Crippen LogP contribution in [0.15, 0.2) is 33.3 Å². The van der Waals surface area contributed by atoms with Crippen LogP contribution in [0.3, 0.4) is 0 Å². The second-order valence-electron chi connectivity index (χ2n) is 4.68. The summed E-state index contributed by atoms with van der Waals surface area (Å²) in [4.78, 5) is 10.8. The van der Waals surface area contributed by atoms with Gasteiger partial charge in [0.15, 0.2) is 0 Å². The lowest BCUT2D eigenvalue weighted by molar-refractivity contribution is 0.0652. The number of carbonyl (C=O) groups is 1. The molecule has 0 spiro atoms. The average Bonchev–Trinajstić information content (AvgIpc) is 3.10. The standard InChI is InChI=1S/C14H12BrNO3S/c15-11-5-8(12-6-13(14(17)18)19-16-12)1-2-10(11)9-3-4-20-7-9/h1-2,5-6,9H,3-4,7H2,(H,17,18). The molecule has 1 aliphatic rings. The van der Waals surface area contributed by atoms with Crippen LogP contribution >= 0.6 is 27.7 Å². The Hall–Kier alpha value is -1.27. The monoisotopic (exact) mass is 353 g/mol. The largest absolute Gasteiger partial charge is 0.475 e. The number of benzene rings is 1. The zero-order valence-electron chi connectivity index (χ0n) is 10.5. The van der Waals surface area contributed by atoms with Gasteiger partial charge in [-0.3, -0.25) is 0 Å². The van der Waals surface area contributed by atoms with E-state index in [0.29, 0.717) is 11.6 Å². The van der Waals surface area contributed by atoms with Crippen LogP contribution in [-0.2, 0) is 0 Å². The van der Waals surface area contributed by atoms with Crippen LogP contribution in [0.4, 0.5) is 0 Å². The van der Waals surface area contributed by atoms with Crippen molar-refractivity contribution in [2.75, 3.05) is 11.5 Å². The van der Waals surface area contributed by atoms with Crippen molar-refractivity contribution in [3.63, 3.8) is 0 Å². The Labute approximate surface area is 128 Å². The van der Waals surface area contributed by atoms with Crippen molar-refractivity contribution in [2.24, 2.45) is 0 Å². The molecule has 2 heterocycles. The molecule has 0 saturated carbocycles. The molecule has 1 saturated heterocycles. The van der Waals surface area contributed by atoms with Gasteiger partial charge in [-0.25, -0.2) is 4.79 Å². The third kappa shape index (κ3) is 2.62. The first kappa shape index (κ1) is 13.7. The maximum absolute atomic E-state index is 10.8. The summed E-state index contributed by atoms with van der Waals surface area (Å²) in [6.45, 7) is 0. The Morgan fingerprint density at radius 1 is 1.45 bits per heavy atom. The maximum atomic E-state index is 10.8. The van der Waals surface area contributed by atoms with E-state index in [0.717, 1.165) is 15.8 Å². The summed E-state index contributed by atoms with van der Waals surface area (Å²) < 4.78 is 5.83. The van der Waals surface area contributed by atoms with Crippen molar-refractivity contribution in [1.29, 1.82) is 0 Å². The highest BCUT2D eigenvalue weighted by atomic mass is 79.9. The van der Waals surface area contributed by atoms with E-state index in [1.54, 1.807) is 0 Å². The molecule has 104 valence electrons. The predicted octanol–water partition coefficient (Wildman–Crippen LogP) is 4.02. The lowest BCUT2D eigenvalue weighted by atomic mass is 9.97. The van der Waals surface area contributed by atoms with Crippen LogP contribution in [0.2, 0.25) is 0 Å². The zero-order valence-corrected chi connectivity index (χ0v) is 12.9. The Morgan fingerprint density at radius 3 is 2.90 bits per heavy atom. The molecule has 6 heteroatoms. The number of halogens is 1. The first-order chi connectivity index (χ1) is 9.65. The van der Waals surface area contributed by atoms with Crippen LogP contribution < -0.4 is 0 Å². The minimum atomic E-state index is -1.11. The van der Waals surface area contributed by atoms with E-state index in [1.165, 1.54) is 23.8 Å². The summed E-state index contributed by atoms with van der Waals surface area (Å²) in [7, 11) is 0. The van der Waals surface area contributed by atoms with Gasteiger partial charge in [0.2, 0.25) is 5.76 Å². The number of carboxylic acids is 1. The van der Waals surface area contributed by atoms with Gasteiger partial charge in [0.25, 0.3) is 0 Å².